The zero-order valence-electron chi connectivity index (χ0n) is 13.7. The van der Waals surface area contributed by atoms with Crippen LogP contribution in [-0.4, -0.2) is 11.0 Å². The number of rotatable bonds is 6. The molecular formula is C18H26N2S. The highest BCUT2D eigenvalue weighted by molar-refractivity contribution is 7.09. The summed E-state index contributed by atoms with van der Waals surface area (Å²) in [4.78, 5) is 4.57. The van der Waals surface area contributed by atoms with Crippen molar-refractivity contribution in [2.45, 2.75) is 58.5 Å². The second kappa shape index (κ2) is 6.71. The third-order valence-corrected chi connectivity index (χ3v) is 5.06. The molecule has 0 bridgehead atoms. The quantitative estimate of drug-likeness (QED) is 0.824. The molecule has 1 N–H and O–H groups in total. The molecule has 1 heterocycles. The summed E-state index contributed by atoms with van der Waals surface area (Å²) in [6.45, 7) is 11.2. The zero-order chi connectivity index (χ0) is 15.5. The maximum atomic E-state index is 4.57. The van der Waals surface area contributed by atoms with Crippen molar-refractivity contribution in [2.24, 2.45) is 0 Å². The topological polar surface area (TPSA) is 24.9 Å². The van der Waals surface area contributed by atoms with Crippen molar-refractivity contribution in [2.75, 3.05) is 0 Å². The van der Waals surface area contributed by atoms with E-state index < -0.39 is 0 Å². The molecule has 0 aliphatic rings. The standard InChI is InChI=1S/C18H26N2S/c1-13(19-15(3)17-20-14(2)12-21-17)11-18(4,5)16-9-7-6-8-10-16/h6-10,12-13,15,19H,11H2,1-5H3. The number of aryl methyl sites for hydroxylation is 1. The van der Waals surface area contributed by atoms with Gasteiger partial charge in [0.2, 0.25) is 0 Å². The van der Waals surface area contributed by atoms with Gasteiger partial charge in [-0.3, -0.25) is 0 Å². The normalized spacial score (nSPS) is 14.9. The van der Waals surface area contributed by atoms with Crippen molar-refractivity contribution in [1.29, 1.82) is 0 Å². The van der Waals surface area contributed by atoms with Crippen LogP contribution in [0.25, 0.3) is 0 Å². The van der Waals surface area contributed by atoms with E-state index in [2.05, 4.69) is 80.6 Å². The van der Waals surface area contributed by atoms with Gasteiger partial charge in [-0.05, 0) is 38.2 Å². The highest BCUT2D eigenvalue weighted by atomic mass is 32.1. The summed E-state index contributed by atoms with van der Waals surface area (Å²) < 4.78 is 0. The molecule has 2 atom stereocenters. The van der Waals surface area contributed by atoms with Crippen molar-refractivity contribution >= 4 is 11.3 Å². The number of thiazole rings is 1. The van der Waals surface area contributed by atoms with Crippen molar-refractivity contribution in [3.05, 3.63) is 52.0 Å². The number of nitrogens with zero attached hydrogens (tertiary/aromatic N) is 1. The van der Waals surface area contributed by atoms with Crippen LogP contribution in [0.2, 0.25) is 0 Å². The summed E-state index contributed by atoms with van der Waals surface area (Å²) in [5, 5.41) is 6.98. The molecule has 0 amide bonds. The SMILES string of the molecule is Cc1csc(C(C)NC(C)CC(C)(C)c2ccccc2)n1. The average Bonchev–Trinajstić information content (AvgIpc) is 2.86. The summed E-state index contributed by atoms with van der Waals surface area (Å²) in [6.07, 6.45) is 1.10. The van der Waals surface area contributed by atoms with Gasteiger partial charge in [0, 0.05) is 17.1 Å². The Morgan fingerprint density at radius 2 is 1.86 bits per heavy atom. The van der Waals surface area contributed by atoms with E-state index in [1.165, 1.54) is 10.6 Å². The molecule has 0 aliphatic heterocycles. The Labute approximate surface area is 132 Å². The predicted octanol–water partition coefficient (Wildman–Crippen LogP) is 4.86. The summed E-state index contributed by atoms with van der Waals surface area (Å²) in [5.41, 5.74) is 2.68. The van der Waals surface area contributed by atoms with Crippen LogP contribution < -0.4 is 5.32 Å². The van der Waals surface area contributed by atoms with E-state index in [9.17, 15) is 0 Å². The Bertz CT molecular complexity index is 560. The molecule has 1 aromatic carbocycles. The molecule has 0 saturated carbocycles. The molecule has 0 saturated heterocycles. The highest BCUT2D eigenvalue weighted by Gasteiger charge is 2.24. The van der Waals surface area contributed by atoms with Crippen LogP contribution in [0.5, 0.6) is 0 Å². The third kappa shape index (κ3) is 4.39. The first-order valence-electron chi connectivity index (χ1n) is 7.62. The molecule has 114 valence electrons. The molecule has 2 nitrogen and oxygen atoms in total. The Balaban J connectivity index is 1.96. The van der Waals surface area contributed by atoms with Gasteiger partial charge in [0.15, 0.2) is 0 Å². The Hall–Kier alpha value is -1.19. The van der Waals surface area contributed by atoms with Crippen LogP contribution in [-0.2, 0) is 5.41 Å². The van der Waals surface area contributed by atoms with E-state index in [0.29, 0.717) is 12.1 Å². The van der Waals surface area contributed by atoms with Gasteiger partial charge < -0.3 is 5.32 Å². The second-order valence-electron chi connectivity index (χ2n) is 6.57. The number of hydrogen-bond acceptors (Lipinski definition) is 3. The van der Waals surface area contributed by atoms with Gasteiger partial charge in [-0.25, -0.2) is 4.98 Å². The number of aromatic nitrogens is 1. The maximum Gasteiger partial charge on any atom is 0.110 e. The minimum atomic E-state index is 0.173. The smallest absolute Gasteiger partial charge is 0.110 e. The first-order chi connectivity index (χ1) is 9.88. The first kappa shape index (κ1) is 16.2. The number of benzene rings is 1. The van der Waals surface area contributed by atoms with Crippen LogP contribution in [0, 0.1) is 6.92 Å². The van der Waals surface area contributed by atoms with Gasteiger partial charge in [0.05, 0.1) is 6.04 Å². The van der Waals surface area contributed by atoms with Gasteiger partial charge in [-0.2, -0.15) is 0 Å². The van der Waals surface area contributed by atoms with Crippen LogP contribution in [0.3, 0.4) is 0 Å². The lowest BCUT2D eigenvalue weighted by Gasteiger charge is -2.30. The highest BCUT2D eigenvalue weighted by Crippen LogP contribution is 2.29. The summed E-state index contributed by atoms with van der Waals surface area (Å²) in [5.74, 6) is 0. The maximum absolute atomic E-state index is 4.57. The molecule has 0 fully saturated rings. The first-order valence-corrected chi connectivity index (χ1v) is 8.50. The van der Waals surface area contributed by atoms with E-state index in [1.807, 2.05) is 0 Å². The van der Waals surface area contributed by atoms with Crippen LogP contribution in [0.4, 0.5) is 0 Å². The fraction of sp³-hybridized carbons (Fsp3) is 0.500. The number of nitrogens with one attached hydrogen (secondary N) is 1. The van der Waals surface area contributed by atoms with Gasteiger partial charge >= 0.3 is 0 Å². The van der Waals surface area contributed by atoms with Crippen molar-refractivity contribution in [3.8, 4) is 0 Å². The molecule has 1 aromatic heterocycles. The van der Waals surface area contributed by atoms with Crippen LogP contribution >= 0.6 is 11.3 Å². The Kier molecular flexibility index (Phi) is 5.17. The van der Waals surface area contributed by atoms with E-state index in [-0.39, 0.29) is 5.41 Å². The van der Waals surface area contributed by atoms with Crippen molar-refractivity contribution in [1.82, 2.24) is 10.3 Å². The van der Waals surface area contributed by atoms with Crippen molar-refractivity contribution < 1.29 is 0 Å². The van der Waals surface area contributed by atoms with Crippen molar-refractivity contribution in [3.63, 3.8) is 0 Å². The fourth-order valence-corrected chi connectivity index (χ4v) is 3.71. The van der Waals surface area contributed by atoms with Gasteiger partial charge in [0.25, 0.3) is 0 Å². The minimum absolute atomic E-state index is 0.173. The summed E-state index contributed by atoms with van der Waals surface area (Å²) in [7, 11) is 0. The largest absolute Gasteiger partial charge is 0.306 e. The molecule has 3 heteroatoms. The second-order valence-corrected chi connectivity index (χ2v) is 7.46. The van der Waals surface area contributed by atoms with E-state index in [0.717, 1.165) is 12.1 Å². The Morgan fingerprint density at radius 1 is 1.19 bits per heavy atom. The van der Waals surface area contributed by atoms with E-state index in [1.54, 1.807) is 11.3 Å². The van der Waals surface area contributed by atoms with Gasteiger partial charge in [0.1, 0.15) is 5.01 Å². The average molecular weight is 302 g/mol. The zero-order valence-corrected chi connectivity index (χ0v) is 14.5. The summed E-state index contributed by atoms with van der Waals surface area (Å²) >= 11 is 1.74. The third-order valence-electron chi connectivity index (χ3n) is 3.91. The van der Waals surface area contributed by atoms with Gasteiger partial charge in [-0.15, -0.1) is 11.3 Å². The van der Waals surface area contributed by atoms with Crippen LogP contribution in [0.1, 0.15) is 56.4 Å². The van der Waals surface area contributed by atoms with Crippen LogP contribution in [0.15, 0.2) is 35.7 Å². The molecule has 2 aromatic rings. The van der Waals surface area contributed by atoms with Gasteiger partial charge in [-0.1, -0.05) is 44.2 Å². The molecular weight excluding hydrogens is 276 g/mol. The molecule has 0 aliphatic carbocycles. The Morgan fingerprint density at radius 3 is 2.43 bits per heavy atom. The lowest BCUT2D eigenvalue weighted by Crippen LogP contribution is -2.34. The summed E-state index contributed by atoms with van der Waals surface area (Å²) in [6, 6.07) is 11.5. The lowest BCUT2D eigenvalue weighted by atomic mass is 9.79. The molecule has 2 rings (SSSR count). The fourth-order valence-electron chi connectivity index (χ4n) is 2.90. The molecule has 0 spiro atoms. The number of hydrogen-bond donors (Lipinski definition) is 1. The predicted molar refractivity (Wildman–Crippen MR) is 91.9 cm³/mol. The lowest BCUT2D eigenvalue weighted by molar-refractivity contribution is 0.365. The monoisotopic (exact) mass is 302 g/mol. The van der Waals surface area contributed by atoms with E-state index in [4.69, 9.17) is 0 Å². The molecule has 21 heavy (non-hydrogen) atoms. The molecule has 0 radical (unpaired) electrons. The molecule has 2 unspecified atom stereocenters. The minimum Gasteiger partial charge on any atom is -0.306 e. The van der Waals surface area contributed by atoms with E-state index >= 15 is 0 Å².